The van der Waals surface area contributed by atoms with Crippen LogP contribution in [0.15, 0.2) is 18.2 Å². The maximum Gasteiger partial charge on any atom is 0.217 e. The van der Waals surface area contributed by atoms with Crippen molar-refractivity contribution >= 4 is 17.3 Å². The Balaban J connectivity index is 2.02. The first-order chi connectivity index (χ1) is 9.10. The van der Waals surface area contributed by atoms with Crippen molar-refractivity contribution < 1.29 is 4.79 Å². The monoisotopic (exact) mass is 258 g/mol. The highest BCUT2D eigenvalue weighted by atomic mass is 16.1. The van der Waals surface area contributed by atoms with Crippen molar-refractivity contribution in [2.24, 2.45) is 0 Å². The number of nitriles is 1. The van der Waals surface area contributed by atoms with Crippen molar-refractivity contribution in [2.75, 3.05) is 23.7 Å². The highest BCUT2D eigenvalue weighted by Gasteiger charge is 2.21. The Morgan fingerprint density at radius 2 is 2.16 bits per heavy atom. The molecule has 1 fully saturated rings. The smallest absolute Gasteiger partial charge is 0.217 e. The molecule has 0 radical (unpaired) electrons. The van der Waals surface area contributed by atoms with Crippen LogP contribution in [-0.2, 0) is 4.79 Å². The fourth-order valence-corrected chi connectivity index (χ4v) is 2.46. The van der Waals surface area contributed by atoms with E-state index in [9.17, 15) is 4.79 Å². The van der Waals surface area contributed by atoms with Gasteiger partial charge in [0.25, 0.3) is 0 Å². The molecule has 0 aliphatic carbocycles. The number of hydrogen-bond donors (Lipinski definition) is 2. The lowest BCUT2D eigenvalue weighted by atomic mass is 10.0. The Morgan fingerprint density at radius 1 is 1.47 bits per heavy atom. The van der Waals surface area contributed by atoms with Crippen molar-refractivity contribution in [1.29, 1.82) is 5.26 Å². The quantitative estimate of drug-likeness (QED) is 0.782. The summed E-state index contributed by atoms with van der Waals surface area (Å²) in [6, 6.07) is 7.72. The number of nitrogen functional groups attached to an aromatic ring is 1. The third-order valence-electron chi connectivity index (χ3n) is 3.40. The molecule has 0 atom stereocenters. The SMILES string of the molecule is CC(=O)NC1CCN(c2ccc(C#N)cc2N)CC1. The Morgan fingerprint density at radius 3 is 2.68 bits per heavy atom. The van der Waals surface area contributed by atoms with Gasteiger partial charge in [0.15, 0.2) is 0 Å². The van der Waals surface area contributed by atoms with Crippen LogP contribution in [0.1, 0.15) is 25.3 Å². The van der Waals surface area contributed by atoms with Crippen LogP contribution in [0.2, 0.25) is 0 Å². The van der Waals surface area contributed by atoms with Crippen LogP contribution in [0, 0.1) is 11.3 Å². The first kappa shape index (κ1) is 13.2. The molecule has 0 unspecified atom stereocenters. The molecule has 0 spiro atoms. The highest BCUT2D eigenvalue weighted by molar-refractivity contribution is 5.73. The molecule has 1 aromatic rings. The van der Waals surface area contributed by atoms with Gasteiger partial charge < -0.3 is 16.0 Å². The second kappa shape index (κ2) is 5.61. The summed E-state index contributed by atoms with van der Waals surface area (Å²) in [4.78, 5) is 13.2. The van der Waals surface area contributed by atoms with Gasteiger partial charge in [-0.05, 0) is 31.0 Å². The van der Waals surface area contributed by atoms with E-state index in [1.54, 1.807) is 19.1 Å². The van der Waals surface area contributed by atoms with Crippen LogP contribution in [0.3, 0.4) is 0 Å². The largest absolute Gasteiger partial charge is 0.397 e. The van der Waals surface area contributed by atoms with Gasteiger partial charge in [0, 0.05) is 26.1 Å². The molecule has 0 bridgehead atoms. The zero-order valence-corrected chi connectivity index (χ0v) is 11.0. The molecule has 1 saturated heterocycles. The fourth-order valence-electron chi connectivity index (χ4n) is 2.46. The lowest BCUT2D eigenvalue weighted by Crippen LogP contribution is -2.44. The maximum absolute atomic E-state index is 11.0. The van der Waals surface area contributed by atoms with E-state index in [1.807, 2.05) is 6.07 Å². The molecular formula is C14H18N4O. The Bertz CT molecular complexity index is 513. The number of benzene rings is 1. The van der Waals surface area contributed by atoms with E-state index in [2.05, 4.69) is 16.3 Å². The Kier molecular flexibility index (Phi) is 3.91. The maximum atomic E-state index is 11.0. The summed E-state index contributed by atoms with van der Waals surface area (Å²) >= 11 is 0. The average Bonchev–Trinajstić information content (AvgIpc) is 2.39. The second-order valence-corrected chi connectivity index (χ2v) is 4.85. The molecule has 1 heterocycles. The second-order valence-electron chi connectivity index (χ2n) is 4.85. The van der Waals surface area contributed by atoms with Gasteiger partial charge in [-0.25, -0.2) is 0 Å². The van der Waals surface area contributed by atoms with Gasteiger partial charge in [-0.15, -0.1) is 0 Å². The first-order valence-electron chi connectivity index (χ1n) is 6.42. The molecule has 0 aromatic heterocycles. The van der Waals surface area contributed by atoms with E-state index in [-0.39, 0.29) is 11.9 Å². The zero-order valence-electron chi connectivity index (χ0n) is 11.0. The van der Waals surface area contributed by atoms with E-state index in [1.165, 1.54) is 0 Å². The van der Waals surface area contributed by atoms with Gasteiger partial charge in [-0.3, -0.25) is 4.79 Å². The van der Waals surface area contributed by atoms with Crippen molar-refractivity contribution in [1.82, 2.24) is 5.32 Å². The van der Waals surface area contributed by atoms with Crippen LogP contribution < -0.4 is 16.0 Å². The number of amides is 1. The normalized spacial score (nSPS) is 15.9. The predicted molar refractivity (Wildman–Crippen MR) is 74.6 cm³/mol. The molecule has 0 saturated carbocycles. The number of nitrogens with two attached hydrogens (primary N) is 1. The number of anilines is 2. The van der Waals surface area contributed by atoms with Gasteiger partial charge in [0.2, 0.25) is 5.91 Å². The summed E-state index contributed by atoms with van der Waals surface area (Å²) in [5.74, 6) is 0.0244. The van der Waals surface area contributed by atoms with E-state index < -0.39 is 0 Å². The van der Waals surface area contributed by atoms with Crippen LogP contribution >= 0.6 is 0 Å². The summed E-state index contributed by atoms with van der Waals surface area (Å²) in [5.41, 5.74) is 8.17. The van der Waals surface area contributed by atoms with Crippen LogP contribution in [0.5, 0.6) is 0 Å². The summed E-state index contributed by atoms with van der Waals surface area (Å²) in [6.45, 7) is 3.27. The van der Waals surface area contributed by atoms with E-state index in [0.29, 0.717) is 11.3 Å². The van der Waals surface area contributed by atoms with Gasteiger partial charge in [0.1, 0.15) is 0 Å². The lowest BCUT2D eigenvalue weighted by Gasteiger charge is -2.34. The third-order valence-corrected chi connectivity index (χ3v) is 3.40. The number of nitrogens with zero attached hydrogens (tertiary/aromatic N) is 2. The minimum Gasteiger partial charge on any atom is -0.397 e. The topological polar surface area (TPSA) is 82.2 Å². The predicted octanol–water partition coefficient (Wildman–Crippen LogP) is 1.25. The Labute approximate surface area is 113 Å². The lowest BCUT2D eigenvalue weighted by molar-refractivity contribution is -0.119. The molecule has 19 heavy (non-hydrogen) atoms. The van der Waals surface area contributed by atoms with Crippen molar-refractivity contribution in [2.45, 2.75) is 25.8 Å². The van der Waals surface area contributed by atoms with Crippen LogP contribution in [-0.4, -0.2) is 25.0 Å². The summed E-state index contributed by atoms with van der Waals surface area (Å²) in [6.07, 6.45) is 1.83. The Hall–Kier alpha value is -2.22. The number of nitrogens with one attached hydrogen (secondary N) is 1. The number of hydrogen-bond acceptors (Lipinski definition) is 4. The summed E-state index contributed by atoms with van der Waals surface area (Å²) in [7, 11) is 0. The average molecular weight is 258 g/mol. The first-order valence-corrected chi connectivity index (χ1v) is 6.42. The van der Waals surface area contributed by atoms with Gasteiger partial charge in [-0.2, -0.15) is 5.26 Å². The molecule has 1 aliphatic rings. The van der Waals surface area contributed by atoms with Crippen LogP contribution in [0.25, 0.3) is 0 Å². The minimum absolute atomic E-state index is 0.0244. The molecule has 2 rings (SSSR count). The standard InChI is InChI=1S/C14H18N4O/c1-10(19)17-12-4-6-18(7-5-12)14-3-2-11(9-15)8-13(14)16/h2-3,8,12H,4-7,16H2,1H3,(H,17,19). The number of rotatable bonds is 2. The molecule has 5 nitrogen and oxygen atoms in total. The molecule has 100 valence electrons. The fraction of sp³-hybridized carbons (Fsp3) is 0.429. The molecule has 5 heteroatoms. The van der Waals surface area contributed by atoms with E-state index >= 15 is 0 Å². The molecule has 1 aromatic carbocycles. The van der Waals surface area contributed by atoms with E-state index in [4.69, 9.17) is 11.0 Å². The van der Waals surface area contributed by atoms with Gasteiger partial charge >= 0.3 is 0 Å². The molecular weight excluding hydrogens is 240 g/mol. The minimum atomic E-state index is 0.0244. The van der Waals surface area contributed by atoms with Crippen molar-refractivity contribution in [3.63, 3.8) is 0 Å². The molecule has 1 amide bonds. The number of piperidine rings is 1. The van der Waals surface area contributed by atoms with Crippen molar-refractivity contribution in [3.05, 3.63) is 23.8 Å². The van der Waals surface area contributed by atoms with Crippen LogP contribution in [0.4, 0.5) is 11.4 Å². The van der Waals surface area contributed by atoms with E-state index in [0.717, 1.165) is 31.6 Å². The highest BCUT2D eigenvalue weighted by Crippen LogP contribution is 2.27. The zero-order chi connectivity index (χ0) is 13.8. The van der Waals surface area contributed by atoms with Crippen molar-refractivity contribution in [3.8, 4) is 6.07 Å². The molecule has 1 aliphatic heterocycles. The summed E-state index contributed by atoms with van der Waals surface area (Å²) < 4.78 is 0. The summed E-state index contributed by atoms with van der Waals surface area (Å²) in [5, 5.41) is 11.8. The third kappa shape index (κ3) is 3.16. The van der Waals surface area contributed by atoms with Gasteiger partial charge in [0.05, 0.1) is 23.0 Å². The number of carbonyl (C=O) groups is 1. The van der Waals surface area contributed by atoms with Gasteiger partial charge in [-0.1, -0.05) is 0 Å². The molecule has 3 N–H and O–H groups in total. The number of carbonyl (C=O) groups excluding carboxylic acids is 1.